The molecule has 2 aliphatic heterocycles. The van der Waals surface area contributed by atoms with Crippen LogP contribution in [0.4, 0.5) is 31.7 Å². The number of alkyl halides is 2. The summed E-state index contributed by atoms with van der Waals surface area (Å²) < 4.78 is 55.2. The van der Waals surface area contributed by atoms with Crippen LogP contribution in [0.15, 0.2) is 41.9 Å². The van der Waals surface area contributed by atoms with Crippen LogP contribution in [0.3, 0.4) is 0 Å². The number of hydrogen-bond acceptors (Lipinski definition) is 9. The maximum absolute atomic E-state index is 14.7. The van der Waals surface area contributed by atoms with Crippen molar-refractivity contribution in [1.82, 2.24) is 14.2 Å². The maximum atomic E-state index is 14.7. The molecule has 4 heterocycles. The van der Waals surface area contributed by atoms with E-state index in [1.54, 1.807) is 22.1 Å². The zero-order chi connectivity index (χ0) is 23.5. The van der Waals surface area contributed by atoms with Crippen LogP contribution < -0.4 is 20.9 Å². The molecule has 0 spiro atoms. The molecule has 10 nitrogen and oxygen atoms in total. The van der Waals surface area contributed by atoms with E-state index < -0.39 is 27.4 Å². The summed E-state index contributed by atoms with van der Waals surface area (Å²) >= 11 is 0. The van der Waals surface area contributed by atoms with Crippen molar-refractivity contribution in [2.45, 2.75) is 50.1 Å². The van der Waals surface area contributed by atoms with Crippen LogP contribution in [0.1, 0.15) is 26.7 Å². The number of aliphatic imine (C=N–C) groups is 1. The Morgan fingerprint density at radius 2 is 2.03 bits per heavy atom. The predicted octanol–water partition coefficient (Wildman–Crippen LogP) is 2.23. The second kappa shape index (κ2) is 7.40. The van der Waals surface area contributed by atoms with E-state index in [9.17, 15) is 17.2 Å². The standard InChI is InChI=1S/C20H24F2N8O2S/c1-12(2)30-16-7-18(23)24-9-15(16)27-20(30,19(21)22)17-5-6-28(11-25-17)13-8-26-29(10-13)33(31,32)14-3-4-14/h5-10,12,14,19,27H,3-4,11H2,1-2H3,(H2,23,24). The lowest BCUT2D eigenvalue weighted by molar-refractivity contribution is 0.0970. The Bertz CT molecular complexity index is 1250. The fourth-order valence-corrected chi connectivity index (χ4v) is 5.76. The van der Waals surface area contributed by atoms with Gasteiger partial charge in [-0.1, -0.05) is 0 Å². The molecule has 1 unspecified atom stereocenters. The van der Waals surface area contributed by atoms with Crippen molar-refractivity contribution in [3.63, 3.8) is 0 Å². The Morgan fingerprint density at radius 1 is 1.27 bits per heavy atom. The van der Waals surface area contributed by atoms with E-state index >= 15 is 0 Å². The van der Waals surface area contributed by atoms with Gasteiger partial charge in [0.1, 0.15) is 12.5 Å². The molecule has 2 aromatic rings. The molecule has 1 fully saturated rings. The Kier molecular flexibility index (Phi) is 4.85. The first-order valence-electron chi connectivity index (χ1n) is 10.5. The molecule has 3 N–H and O–H groups in total. The summed E-state index contributed by atoms with van der Waals surface area (Å²) in [6.45, 7) is 3.66. The van der Waals surface area contributed by atoms with Gasteiger partial charge < -0.3 is 20.9 Å². The number of fused-ring (bicyclic) bond motifs is 1. The van der Waals surface area contributed by atoms with Crippen LogP contribution in [0.5, 0.6) is 0 Å². The van der Waals surface area contributed by atoms with Gasteiger partial charge in [-0.05, 0) is 32.8 Å². The van der Waals surface area contributed by atoms with Gasteiger partial charge in [0.2, 0.25) is 5.66 Å². The predicted molar refractivity (Wildman–Crippen MR) is 122 cm³/mol. The second-order valence-corrected chi connectivity index (χ2v) is 10.6. The molecule has 176 valence electrons. The first-order valence-corrected chi connectivity index (χ1v) is 12.0. The lowest BCUT2D eigenvalue weighted by atomic mass is 10.00. The fraction of sp³-hybridized carbons (Fsp3) is 0.450. The average molecular weight is 479 g/mol. The van der Waals surface area contributed by atoms with Crippen LogP contribution in [0.2, 0.25) is 0 Å². The SMILES string of the molecule is CC(C)N1c2cc(N)ncc2NC1(C1=NCN(c2cnn(S(=O)(=O)C3CC3)c2)C=C1)C(F)F. The van der Waals surface area contributed by atoms with Crippen molar-refractivity contribution in [3.05, 3.63) is 36.9 Å². The van der Waals surface area contributed by atoms with Gasteiger partial charge in [-0.2, -0.15) is 9.19 Å². The molecule has 3 aliphatic rings. The summed E-state index contributed by atoms with van der Waals surface area (Å²) in [5.74, 6) is 0.233. The Morgan fingerprint density at radius 3 is 2.64 bits per heavy atom. The minimum absolute atomic E-state index is 0.0276. The minimum Gasteiger partial charge on any atom is -0.384 e. The monoisotopic (exact) mass is 478 g/mol. The van der Waals surface area contributed by atoms with Crippen LogP contribution in [0, 0.1) is 0 Å². The van der Waals surface area contributed by atoms with Crippen LogP contribution >= 0.6 is 0 Å². The third-order valence-corrected chi connectivity index (χ3v) is 8.02. The molecule has 0 bridgehead atoms. The van der Waals surface area contributed by atoms with Crippen molar-refractivity contribution in [3.8, 4) is 0 Å². The topological polar surface area (TPSA) is 122 Å². The highest BCUT2D eigenvalue weighted by molar-refractivity contribution is 7.90. The molecule has 0 saturated heterocycles. The van der Waals surface area contributed by atoms with E-state index in [-0.39, 0.29) is 24.2 Å². The molecular weight excluding hydrogens is 454 g/mol. The van der Waals surface area contributed by atoms with Gasteiger partial charge in [0.05, 0.1) is 46.6 Å². The van der Waals surface area contributed by atoms with Gasteiger partial charge >= 0.3 is 0 Å². The molecule has 33 heavy (non-hydrogen) atoms. The van der Waals surface area contributed by atoms with Gasteiger partial charge in [0, 0.05) is 18.3 Å². The highest BCUT2D eigenvalue weighted by Crippen LogP contribution is 2.45. The minimum atomic E-state index is -3.49. The quantitative estimate of drug-likeness (QED) is 0.648. The fourth-order valence-electron chi connectivity index (χ4n) is 4.29. The molecule has 13 heteroatoms. The number of anilines is 4. The highest BCUT2D eigenvalue weighted by Gasteiger charge is 2.55. The maximum Gasteiger partial charge on any atom is 0.285 e. The number of pyridine rings is 1. The molecule has 1 saturated carbocycles. The van der Waals surface area contributed by atoms with Gasteiger partial charge in [-0.15, -0.1) is 0 Å². The van der Waals surface area contributed by atoms with Crippen LogP contribution in [-0.2, 0) is 10.0 Å². The smallest absolute Gasteiger partial charge is 0.285 e. The molecule has 1 aliphatic carbocycles. The third kappa shape index (κ3) is 3.33. The van der Waals surface area contributed by atoms with Crippen LogP contribution in [0.25, 0.3) is 0 Å². The lowest BCUT2D eigenvalue weighted by Gasteiger charge is -2.42. The van der Waals surface area contributed by atoms with E-state index in [1.165, 1.54) is 24.7 Å². The molecule has 5 rings (SSSR count). The van der Waals surface area contributed by atoms with Gasteiger partial charge in [-0.25, -0.2) is 22.2 Å². The first kappa shape index (κ1) is 21.6. The number of aromatic nitrogens is 3. The van der Waals surface area contributed by atoms with E-state index in [2.05, 4.69) is 20.4 Å². The summed E-state index contributed by atoms with van der Waals surface area (Å²) in [4.78, 5) is 11.7. The van der Waals surface area contributed by atoms with E-state index in [4.69, 9.17) is 5.73 Å². The van der Waals surface area contributed by atoms with Gasteiger partial charge in [-0.3, -0.25) is 4.99 Å². The molecular formula is C20H24F2N8O2S. The molecule has 0 radical (unpaired) electrons. The number of hydrogen-bond donors (Lipinski definition) is 2. The second-order valence-electron chi connectivity index (χ2n) is 8.57. The van der Waals surface area contributed by atoms with Crippen molar-refractivity contribution >= 4 is 38.6 Å². The van der Waals surface area contributed by atoms with Gasteiger partial charge in [0.25, 0.3) is 16.4 Å². The van der Waals surface area contributed by atoms with Crippen molar-refractivity contribution in [2.75, 3.05) is 27.5 Å². The largest absolute Gasteiger partial charge is 0.384 e. The zero-order valence-corrected chi connectivity index (χ0v) is 18.9. The number of nitrogen functional groups attached to an aromatic ring is 1. The summed E-state index contributed by atoms with van der Waals surface area (Å²) in [6, 6.07) is 1.27. The average Bonchev–Trinajstić information content (AvgIpc) is 3.41. The third-order valence-electron chi connectivity index (χ3n) is 5.98. The Hall–Kier alpha value is -3.22. The summed E-state index contributed by atoms with van der Waals surface area (Å²) in [5, 5.41) is 6.52. The van der Waals surface area contributed by atoms with Crippen molar-refractivity contribution < 1.29 is 17.2 Å². The molecule has 0 amide bonds. The Labute approximate surface area is 189 Å². The van der Waals surface area contributed by atoms with Crippen LogP contribution in [-0.4, -0.2) is 58.3 Å². The number of nitrogens with zero attached hydrogens (tertiary/aromatic N) is 6. The first-order chi connectivity index (χ1) is 15.6. The zero-order valence-electron chi connectivity index (χ0n) is 18.1. The number of halogens is 2. The van der Waals surface area contributed by atoms with E-state index in [1.807, 2.05) is 13.8 Å². The van der Waals surface area contributed by atoms with Crippen molar-refractivity contribution in [1.29, 1.82) is 0 Å². The number of nitrogens with one attached hydrogen (secondary N) is 1. The normalized spacial score (nSPS) is 22.7. The molecule has 1 atom stereocenters. The van der Waals surface area contributed by atoms with Gasteiger partial charge in [0.15, 0.2) is 0 Å². The molecule has 2 aromatic heterocycles. The highest BCUT2D eigenvalue weighted by atomic mass is 32.2. The summed E-state index contributed by atoms with van der Waals surface area (Å²) in [5.41, 5.74) is 5.56. The molecule has 0 aromatic carbocycles. The summed E-state index contributed by atoms with van der Waals surface area (Å²) in [6.07, 6.45) is 5.83. The number of nitrogens with two attached hydrogens (primary N) is 1. The number of rotatable bonds is 6. The lowest BCUT2D eigenvalue weighted by Crippen LogP contribution is -2.64. The Balaban J connectivity index is 1.45. The van der Waals surface area contributed by atoms with Crippen molar-refractivity contribution in [2.24, 2.45) is 4.99 Å². The summed E-state index contributed by atoms with van der Waals surface area (Å²) in [7, 11) is -3.49. The van der Waals surface area contributed by atoms with E-state index in [0.29, 0.717) is 29.9 Å². The van der Waals surface area contributed by atoms with E-state index in [0.717, 1.165) is 4.09 Å².